The zero-order valence-electron chi connectivity index (χ0n) is 22.6. The zero-order chi connectivity index (χ0) is 26.6. The second-order valence-corrected chi connectivity index (χ2v) is 10.5. The van der Waals surface area contributed by atoms with Crippen LogP contribution in [0.3, 0.4) is 0 Å². The maximum Gasteiger partial charge on any atom is 0.295 e. The van der Waals surface area contributed by atoms with Crippen molar-refractivity contribution in [3.8, 4) is 11.5 Å². The molecule has 6 heteroatoms. The molecule has 1 heterocycles. The molecule has 1 aliphatic rings. The van der Waals surface area contributed by atoms with E-state index in [-0.39, 0.29) is 22.9 Å². The number of aliphatic hydroxyl groups is 1. The molecule has 0 radical (unpaired) electrons. The Morgan fingerprint density at radius 3 is 2.28 bits per heavy atom. The number of rotatable bonds is 9. The van der Waals surface area contributed by atoms with Gasteiger partial charge in [0, 0.05) is 17.7 Å². The van der Waals surface area contributed by atoms with E-state index in [4.69, 9.17) is 9.47 Å². The van der Waals surface area contributed by atoms with Gasteiger partial charge in [-0.2, -0.15) is 0 Å². The topological polar surface area (TPSA) is 76.1 Å². The number of carbonyl (C=O) groups is 2. The molecule has 0 aliphatic carbocycles. The fourth-order valence-corrected chi connectivity index (χ4v) is 4.49. The lowest BCUT2D eigenvalue weighted by molar-refractivity contribution is -0.139. The van der Waals surface area contributed by atoms with E-state index >= 15 is 0 Å². The van der Waals surface area contributed by atoms with Crippen LogP contribution >= 0.6 is 0 Å². The average molecular weight is 494 g/mol. The van der Waals surface area contributed by atoms with Crippen molar-refractivity contribution in [1.82, 2.24) is 4.90 Å². The number of unbranched alkanes of at least 4 members (excludes halogenated alkanes) is 1. The molecule has 3 rings (SSSR count). The normalized spacial score (nSPS) is 17.7. The minimum atomic E-state index is -0.672. The molecule has 2 aromatic carbocycles. The quantitative estimate of drug-likeness (QED) is 0.249. The number of Topliss-reactive ketones (excluding diaryl/α,β-unsaturated/α-hetero) is 1. The zero-order valence-corrected chi connectivity index (χ0v) is 22.6. The predicted molar refractivity (Wildman–Crippen MR) is 142 cm³/mol. The summed E-state index contributed by atoms with van der Waals surface area (Å²) in [6.07, 6.45) is 1.67. The number of amides is 1. The second-order valence-electron chi connectivity index (χ2n) is 10.5. The number of ketones is 1. The standard InChI is InChI=1S/C30H39NO5/c1-8-10-17-31-26(20-11-14-22(15-12-20)36-19(3)4)25(28(33)29(31)34)27(32)21-13-16-24(35-9-2)23(18-21)30(5,6)7/h11-16,18-19,26,32H,8-10,17H2,1-7H3/b27-25-. The summed E-state index contributed by atoms with van der Waals surface area (Å²) in [6, 6.07) is 12.1. The van der Waals surface area contributed by atoms with Gasteiger partial charge < -0.3 is 19.5 Å². The van der Waals surface area contributed by atoms with Crippen LogP contribution in [0, 0.1) is 0 Å². The van der Waals surface area contributed by atoms with Gasteiger partial charge in [0.05, 0.1) is 24.3 Å². The van der Waals surface area contributed by atoms with Crippen LogP contribution in [-0.4, -0.2) is 41.0 Å². The van der Waals surface area contributed by atoms with E-state index in [0.717, 1.165) is 29.7 Å². The Morgan fingerprint density at radius 2 is 1.72 bits per heavy atom. The summed E-state index contributed by atoms with van der Waals surface area (Å²) in [6.45, 7) is 15.0. The van der Waals surface area contributed by atoms with Crippen molar-refractivity contribution in [3.05, 3.63) is 64.7 Å². The Bertz CT molecular complexity index is 1130. The molecule has 194 valence electrons. The first kappa shape index (κ1) is 27.3. The molecule has 1 amide bonds. The summed E-state index contributed by atoms with van der Waals surface area (Å²) in [5.74, 6) is 0.0259. The van der Waals surface area contributed by atoms with E-state index in [1.165, 1.54) is 0 Å². The Morgan fingerprint density at radius 1 is 1.06 bits per heavy atom. The molecule has 1 atom stereocenters. The van der Waals surface area contributed by atoms with Gasteiger partial charge in [-0.3, -0.25) is 9.59 Å². The molecular formula is C30H39NO5. The number of ether oxygens (including phenoxy) is 2. The van der Waals surface area contributed by atoms with Crippen LogP contribution in [0.2, 0.25) is 0 Å². The lowest BCUT2D eigenvalue weighted by Crippen LogP contribution is -2.30. The van der Waals surface area contributed by atoms with Crippen LogP contribution in [0.25, 0.3) is 5.76 Å². The molecule has 0 saturated carbocycles. The van der Waals surface area contributed by atoms with E-state index in [9.17, 15) is 14.7 Å². The van der Waals surface area contributed by atoms with E-state index < -0.39 is 17.7 Å². The Kier molecular flexibility index (Phi) is 8.49. The molecule has 6 nitrogen and oxygen atoms in total. The molecule has 1 fully saturated rings. The Hall–Kier alpha value is -3.28. The average Bonchev–Trinajstić information content (AvgIpc) is 3.07. The van der Waals surface area contributed by atoms with Crippen LogP contribution in [-0.2, 0) is 15.0 Å². The van der Waals surface area contributed by atoms with Crippen LogP contribution in [0.15, 0.2) is 48.0 Å². The van der Waals surface area contributed by atoms with Gasteiger partial charge in [0.15, 0.2) is 0 Å². The highest BCUT2D eigenvalue weighted by atomic mass is 16.5. The van der Waals surface area contributed by atoms with Crippen molar-refractivity contribution in [2.45, 2.75) is 78.9 Å². The van der Waals surface area contributed by atoms with Crippen molar-refractivity contribution in [2.75, 3.05) is 13.2 Å². The third-order valence-electron chi connectivity index (χ3n) is 6.22. The minimum absolute atomic E-state index is 0.0303. The minimum Gasteiger partial charge on any atom is -0.507 e. The summed E-state index contributed by atoms with van der Waals surface area (Å²) >= 11 is 0. The summed E-state index contributed by atoms with van der Waals surface area (Å²) in [5, 5.41) is 11.5. The Labute approximate surface area is 214 Å². The highest BCUT2D eigenvalue weighted by Crippen LogP contribution is 2.41. The van der Waals surface area contributed by atoms with Gasteiger partial charge >= 0.3 is 0 Å². The summed E-state index contributed by atoms with van der Waals surface area (Å²) in [5.41, 5.74) is 2.02. The molecular weight excluding hydrogens is 454 g/mol. The van der Waals surface area contributed by atoms with Gasteiger partial charge in [-0.25, -0.2) is 0 Å². The van der Waals surface area contributed by atoms with E-state index in [2.05, 4.69) is 20.8 Å². The number of hydrogen-bond acceptors (Lipinski definition) is 5. The Balaban J connectivity index is 2.16. The highest BCUT2D eigenvalue weighted by Gasteiger charge is 2.45. The number of benzene rings is 2. The smallest absolute Gasteiger partial charge is 0.295 e. The van der Waals surface area contributed by atoms with Crippen LogP contribution < -0.4 is 9.47 Å². The summed E-state index contributed by atoms with van der Waals surface area (Å²) in [7, 11) is 0. The monoisotopic (exact) mass is 493 g/mol. The van der Waals surface area contributed by atoms with Gasteiger partial charge in [0.2, 0.25) is 0 Å². The maximum atomic E-state index is 13.3. The molecule has 1 saturated heterocycles. The first-order valence-corrected chi connectivity index (χ1v) is 12.8. The lowest BCUT2D eigenvalue weighted by atomic mass is 9.84. The first-order valence-electron chi connectivity index (χ1n) is 12.8. The maximum absolute atomic E-state index is 13.3. The molecule has 1 N–H and O–H groups in total. The molecule has 0 aromatic heterocycles. The van der Waals surface area contributed by atoms with Crippen molar-refractivity contribution in [3.63, 3.8) is 0 Å². The van der Waals surface area contributed by atoms with Gasteiger partial charge in [-0.1, -0.05) is 46.2 Å². The fourth-order valence-electron chi connectivity index (χ4n) is 4.49. The van der Waals surface area contributed by atoms with Crippen molar-refractivity contribution in [2.24, 2.45) is 0 Å². The molecule has 1 aliphatic heterocycles. The fraction of sp³-hybridized carbons (Fsp3) is 0.467. The van der Waals surface area contributed by atoms with Crippen LogP contribution in [0.4, 0.5) is 0 Å². The number of likely N-dealkylation sites (tertiary alicyclic amines) is 1. The number of nitrogens with zero attached hydrogens (tertiary/aromatic N) is 1. The van der Waals surface area contributed by atoms with Crippen LogP contribution in [0.5, 0.6) is 11.5 Å². The largest absolute Gasteiger partial charge is 0.507 e. The molecule has 0 spiro atoms. The van der Waals surface area contributed by atoms with Gasteiger partial charge in [-0.05, 0) is 68.5 Å². The second kappa shape index (κ2) is 11.2. The SMILES string of the molecule is CCCCN1C(=O)C(=O)/C(=C(\O)c2ccc(OCC)c(C(C)(C)C)c2)C1c1ccc(OC(C)C)cc1. The summed E-state index contributed by atoms with van der Waals surface area (Å²) in [4.78, 5) is 28.0. The number of carbonyl (C=O) groups excluding carboxylic acids is 2. The number of aliphatic hydroxyl groups excluding tert-OH is 1. The van der Waals surface area contributed by atoms with Gasteiger partial charge in [0.1, 0.15) is 17.3 Å². The number of hydrogen-bond donors (Lipinski definition) is 1. The molecule has 1 unspecified atom stereocenters. The van der Waals surface area contributed by atoms with Gasteiger partial charge in [-0.15, -0.1) is 0 Å². The molecule has 2 aromatic rings. The summed E-state index contributed by atoms with van der Waals surface area (Å²) < 4.78 is 11.6. The molecule has 36 heavy (non-hydrogen) atoms. The lowest BCUT2D eigenvalue weighted by Gasteiger charge is -2.26. The van der Waals surface area contributed by atoms with Gasteiger partial charge in [0.25, 0.3) is 11.7 Å². The van der Waals surface area contributed by atoms with Crippen molar-refractivity contribution < 1.29 is 24.2 Å². The van der Waals surface area contributed by atoms with Crippen molar-refractivity contribution >= 4 is 17.4 Å². The van der Waals surface area contributed by atoms with E-state index in [0.29, 0.717) is 24.5 Å². The molecule has 0 bridgehead atoms. The highest BCUT2D eigenvalue weighted by molar-refractivity contribution is 6.46. The predicted octanol–water partition coefficient (Wildman–Crippen LogP) is 6.39. The van der Waals surface area contributed by atoms with Crippen molar-refractivity contribution in [1.29, 1.82) is 0 Å². The van der Waals surface area contributed by atoms with Crippen LogP contribution in [0.1, 0.15) is 84.0 Å². The van der Waals surface area contributed by atoms with E-state index in [1.54, 1.807) is 11.0 Å². The van der Waals surface area contributed by atoms with E-state index in [1.807, 2.05) is 64.1 Å². The third-order valence-corrected chi connectivity index (χ3v) is 6.22. The third kappa shape index (κ3) is 5.75. The first-order chi connectivity index (χ1) is 17.0.